The van der Waals surface area contributed by atoms with E-state index in [0.29, 0.717) is 11.4 Å². The molecule has 0 heterocycles. The summed E-state index contributed by atoms with van der Waals surface area (Å²) in [5.41, 5.74) is 6.37. The number of anilines is 2. The van der Waals surface area contributed by atoms with Crippen LogP contribution in [0, 0.1) is 0 Å². The molecular weight excluding hydrogens is 292 g/mol. The maximum Gasteiger partial charge on any atom is 0.265 e. The number of para-hydroxylation sites is 1. The van der Waals surface area contributed by atoms with Crippen molar-refractivity contribution in [3.63, 3.8) is 0 Å². The molecule has 0 aromatic heterocycles. The van der Waals surface area contributed by atoms with Crippen molar-refractivity contribution in [2.75, 3.05) is 24.7 Å². The Hall–Kier alpha value is -2.41. The molecule has 0 bridgehead atoms. The SMILES string of the molecule is COc1ccc(N)cc1NS(=O)(=O)c1ccccc1OC. The van der Waals surface area contributed by atoms with Crippen molar-refractivity contribution in [3.8, 4) is 11.5 Å². The summed E-state index contributed by atoms with van der Waals surface area (Å²) in [7, 11) is -0.953. The average Bonchev–Trinajstić information content (AvgIpc) is 2.47. The summed E-state index contributed by atoms with van der Waals surface area (Å²) in [4.78, 5) is 0.0389. The van der Waals surface area contributed by atoms with Crippen molar-refractivity contribution in [1.82, 2.24) is 0 Å². The molecule has 2 aromatic carbocycles. The second-order valence-corrected chi connectivity index (χ2v) is 5.87. The molecule has 0 aliphatic carbocycles. The van der Waals surface area contributed by atoms with Gasteiger partial charge in [0, 0.05) is 5.69 Å². The fourth-order valence-electron chi connectivity index (χ4n) is 1.85. The van der Waals surface area contributed by atoms with Crippen molar-refractivity contribution in [1.29, 1.82) is 0 Å². The van der Waals surface area contributed by atoms with Crippen LogP contribution >= 0.6 is 0 Å². The van der Waals surface area contributed by atoms with E-state index in [0.717, 1.165) is 0 Å². The Morgan fingerprint density at radius 3 is 2.33 bits per heavy atom. The first-order valence-corrected chi connectivity index (χ1v) is 7.55. The molecular formula is C14H16N2O4S. The van der Waals surface area contributed by atoms with Gasteiger partial charge in [-0.1, -0.05) is 12.1 Å². The number of rotatable bonds is 5. The van der Waals surface area contributed by atoms with E-state index in [1.165, 1.54) is 26.4 Å². The van der Waals surface area contributed by atoms with Crippen molar-refractivity contribution in [2.45, 2.75) is 4.90 Å². The minimum absolute atomic E-state index is 0.0389. The van der Waals surface area contributed by atoms with E-state index in [9.17, 15) is 8.42 Å². The van der Waals surface area contributed by atoms with Gasteiger partial charge in [-0.25, -0.2) is 8.42 Å². The van der Waals surface area contributed by atoms with Gasteiger partial charge in [-0.2, -0.15) is 0 Å². The topological polar surface area (TPSA) is 90.6 Å². The van der Waals surface area contributed by atoms with Crippen LogP contribution in [0.25, 0.3) is 0 Å². The number of nitrogen functional groups attached to an aromatic ring is 1. The first-order chi connectivity index (χ1) is 9.97. The van der Waals surface area contributed by atoms with Crippen LogP contribution in [0.5, 0.6) is 11.5 Å². The van der Waals surface area contributed by atoms with Gasteiger partial charge in [0.25, 0.3) is 10.0 Å². The molecule has 0 radical (unpaired) electrons. The van der Waals surface area contributed by atoms with Crippen LogP contribution in [0.2, 0.25) is 0 Å². The van der Waals surface area contributed by atoms with E-state index < -0.39 is 10.0 Å². The quantitative estimate of drug-likeness (QED) is 0.825. The highest BCUT2D eigenvalue weighted by Crippen LogP contribution is 2.31. The number of hydrogen-bond donors (Lipinski definition) is 2. The largest absolute Gasteiger partial charge is 0.495 e. The van der Waals surface area contributed by atoms with E-state index in [1.807, 2.05) is 0 Å². The lowest BCUT2D eigenvalue weighted by molar-refractivity contribution is 0.403. The Morgan fingerprint density at radius 1 is 1.00 bits per heavy atom. The predicted molar refractivity (Wildman–Crippen MR) is 81.2 cm³/mol. The molecule has 0 fully saturated rings. The van der Waals surface area contributed by atoms with Gasteiger partial charge in [-0.3, -0.25) is 4.72 Å². The van der Waals surface area contributed by atoms with Gasteiger partial charge < -0.3 is 15.2 Å². The summed E-state index contributed by atoms with van der Waals surface area (Å²) in [6.45, 7) is 0. The third-order valence-corrected chi connectivity index (χ3v) is 4.23. The summed E-state index contributed by atoms with van der Waals surface area (Å²) in [6, 6.07) is 11.1. The Balaban J connectivity index is 2.45. The second kappa shape index (κ2) is 5.92. The number of methoxy groups -OCH3 is 2. The molecule has 0 atom stereocenters. The standard InChI is InChI=1S/C14H16N2O4S/c1-19-12-8-7-10(15)9-11(12)16-21(17,18)14-6-4-3-5-13(14)20-2/h3-9,16H,15H2,1-2H3. The molecule has 0 saturated heterocycles. The zero-order valence-electron chi connectivity index (χ0n) is 11.7. The normalized spacial score (nSPS) is 11.0. The van der Waals surface area contributed by atoms with Crippen molar-refractivity contribution >= 4 is 21.4 Å². The van der Waals surface area contributed by atoms with E-state index >= 15 is 0 Å². The van der Waals surface area contributed by atoms with Crippen LogP contribution in [0.15, 0.2) is 47.4 Å². The number of sulfonamides is 1. The zero-order chi connectivity index (χ0) is 15.5. The highest BCUT2D eigenvalue weighted by Gasteiger charge is 2.20. The molecule has 0 aliphatic heterocycles. The molecule has 112 valence electrons. The van der Waals surface area contributed by atoms with Crippen LogP contribution in [0.4, 0.5) is 11.4 Å². The Kier molecular flexibility index (Phi) is 4.23. The molecule has 0 spiro atoms. The number of benzene rings is 2. The average molecular weight is 308 g/mol. The van der Waals surface area contributed by atoms with Crippen LogP contribution < -0.4 is 19.9 Å². The first kappa shape index (κ1) is 15.0. The van der Waals surface area contributed by atoms with Gasteiger partial charge in [-0.15, -0.1) is 0 Å². The third kappa shape index (κ3) is 3.19. The molecule has 0 aliphatic rings. The summed E-state index contributed by atoms with van der Waals surface area (Å²) < 4.78 is 37.6. The molecule has 3 N–H and O–H groups in total. The highest BCUT2D eigenvalue weighted by atomic mass is 32.2. The first-order valence-electron chi connectivity index (χ1n) is 6.07. The second-order valence-electron chi connectivity index (χ2n) is 4.22. The molecule has 2 rings (SSSR count). The number of nitrogens with two attached hydrogens (primary N) is 1. The fraction of sp³-hybridized carbons (Fsp3) is 0.143. The van der Waals surface area contributed by atoms with Crippen LogP contribution in [0.1, 0.15) is 0 Å². The van der Waals surface area contributed by atoms with Gasteiger partial charge >= 0.3 is 0 Å². The molecule has 7 heteroatoms. The van der Waals surface area contributed by atoms with E-state index in [4.69, 9.17) is 15.2 Å². The highest BCUT2D eigenvalue weighted by molar-refractivity contribution is 7.92. The van der Waals surface area contributed by atoms with E-state index in [2.05, 4.69) is 4.72 Å². The molecule has 0 amide bonds. The van der Waals surface area contributed by atoms with Crippen molar-refractivity contribution in [3.05, 3.63) is 42.5 Å². The summed E-state index contributed by atoms with van der Waals surface area (Å²) >= 11 is 0. The van der Waals surface area contributed by atoms with Gasteiger partial charge in [0.1, 0.15) is 16.4 Å². The van der Waals surface area contributed by atoms with Crippen LogP contribution in [-0.4, -0.2) is 22.6 Å². The van der Waals surface area contributed by atoms with Crippen LogP contribution in [0.3, 0.4) is 0 Å². The maximum absolute atomic E-state index is 12.5. The lowest BCUT2D eigenvalue weighted by atomic mass is 10.2. The number of nitrogens with one attached hydrogen (secondary N) is 1. The summed E-state index contributed by atoms with van der Waals surface area (Å²) in [6.07, 6.45) is 0. The minimum atomic E-state index is -3.82. The molecule has 21 heavy (non-hydrogen) atoms. The summed E-state index contributed by atoms with van der Waals surface area (Å²) in [5.74, 6) is 0.635. The molecule has 6 nitrogen and oxygen atoms in total. The molecule has 2 aromatic rings. The monoisotopic (exact) mass is 308 g/mol. The van der Waals surface area contributed by atoms with Gasteiger partial charge in [0.05, 0.1) is 19.9 Å². The zero-order valence-corrected chi connectivity index (χ0v) is 12.5. The predicted octanol–water partition coefficient (Wildman–Crippen LogP) is 2.09. The van der Waals surface area contributed by atoms with Gasteiger partial charge in [0.15, 0.2) is 0 Å². The Labute approximate surface area is 123 Å². The van der Waals surface area contributed by atoms with Gasteiger partial charge in [-0.05, 0) is 30.3 Å². The van der Waals surface area contributed by atoms with Crippen LogP contribution in [-0.2, 0) is 10.0 Å². The maximum atomic E-state index is 12.5. The lowest BCUT2D eigenvalue weighted by Gasteiger charge is -2.14. The number of hydrogen-bond acceptors (Lipinski definition) is 5. The van der Waals surface area contributed by atoms with Crippen molar-refractivity contribution in [2.24, 2.45) is 0 Å². The van der Waals surface area contributed by atoms with E-state index in [-0.39, 0.29) is 16.3 Å². The number of ether oxygens (including phenoxy) is 2. The Bertz CT molecular complexity index is 744. The summed E-state index contributed by atoms with van der Waals surface area (Å²) in [5, 5.41) is 0. The lowest BCUT2D eigenvalue weighted by Crippen LogP contribution is -2.14. The minimum Gasteiger partial charge on any atom is -0.495 e. The molecule has 0 saturated carbocycles. The molecule has 0 unspecified atom stereocenters. The third-order valence-electron chi connectivity index (χ3n) is 2.83. The van der Waals surface area contributed by atoms with Gasteiger partial charge in [0.2, 0.25) is 0 Å². The van der Waals surface area contributed by atoms with Crippen molar-refractivity contribution < 1.29 is 17.9 Å². The fourth-order valence-corrected chi connectivity index (χ4v) is 3.08. The van der Waals surface area contributed by atoms with E-state index in [1.54, 1.807) is 30.3 Å². The Morgan fingerprint density at radius 2 is 1.67 bits per heavy atom. The smallest absolute Gasteiger partial charge is 0.265 e.